The molecule has 70 valence electrons. The molecule has 0 aliphatic carbocycles. The van der Waals surface area contributed by atoms with Gasteiger partial charge in [0.1, 0.15) is 0 Å². The summed E-state index contributed by atoms with van der Waals surface area (Å²) in [7, 11) is 0. The standard InChI is InChI=1S/C7H2BrCl2FO2/c8-3-1-2(7(12)13)6(11)5(10)4(3)9/h1H,(H,12,13). The average molecular weight is 288 g/mol. The molecule has 0 bridgehead atoms. The lowest BCUT2D eigenvalue weighted by atomic mass is 10.2. The third kappa shape index (κ3) is 1.95. The van der Waals surface area contributed by atoms with Crippen molar-refractivity contribution in [1.82, 2.24) is 0 Å². The fourth-order valence-electron chi connectivity index (χ4n) is 0.728. The Morgan fingerprint density at radius 2 is 2.00 bits per heavy atom. The highest BCUT2D eigenvalue weighted by atomic mass is 79.9. The Bertz CT molecular complexity index is 381. The summed E-state index contributed by atoms with van der Waals surface area (Å²) in [6.45, 7) is 0. The predicted molar refractivity (Wildman–Crippen MR) is 51.1 cm³/mol. The smallest absolute Gasteiger partial charge is 0.338 e. The molecule has 0 fully saturated rings. The second kappa shape index (κ2) is 3.82. The zero-order valence-electron chi connectivity index (χ0n) is 5.94. The van der Waals surface area contributed by atoms with Gasteiger partial charge in [-0.2, -0.15) is 0 Å². The van der Waals surface area contributed by atoms with Crippen LogP contribution in [-0.2, 0) is 0 Å². The molecule has 0 spiro atoms. The van der Waals surface area contributed by atoms with Crippen molar-refractivity contribution in [3.05, 3.63) is 32.0 Å². The molecule has 1 rings (SSSR count). The summed E-state index contributed by atoms with van der Waals surface area (Å²) in [6.07, 6.45) is 0. The van der Waals surface area contributed by atoms with Crippen molar-refractivity contribution in [2.24, 2.45) is 0 Å². The highest BCUT2D eigenvalue weighted by Gasteiger charge is 2.18. The lowest BCUT2D eigenvalue weighted by molar-refractivity contribution is 0.0692. The van der Waals surface area contributed by atoms with Crippen LogP contribution >= 0.6 is 39.1 Å². The molecule has 0 aliphatic heterocycles. The van der Waals surface area contributed by atoms with Crippen LogP contribution in [0, 0.1) is 5.82 Å². The van der Waals surface area contributed by atoms with Crippen molar-refractivity contribution in [3.8, 4) is 0 Å². The number of carboxylic acid groups (broad SMARTS) is 1. The van der Waals surface area contributed by atoms with Gasteiger partial charge < -0.3 is 5.11 Å². The van der Waals surface area contributed by atoms with E-state index in [9.17, 15) is 9.18 Å². The van der Waals surface area contributed by atoms with E-state index in [-0.39, 0.29) is 9.50 Å². The lowest BCUT2D eigenvalue weighted by Gasteiger charge is -2.03. The second-order valence-corrected chi connectivity index (χ2v) is 3.76. The van der Waals surface area contributed by atoms with Gasteiger partial charge in [0.15, 0.2) is 5.82 Å². The summed E-state index contributed by atoms with van der Waals surface area (Å²) < 4.78 is 13.3. The largest absolute Gasteiger partial charge is 0.478 e. The van der Waals surface area contributed by atoms with Crippen molar-refractivity contribution in [1.29, 1.82) is 0 Å². The van der Waals surface area contributed by atoms with E-state index in [1.165, 1.54) is 0 Å². The van der Waals surface area contributed by atoms with Crippen molar-refractivity contribution < 1.29 is 14.3 Å². The first-order chi connectivity index (χ1) is 5.95. The number of hydrogen-bond donors (Lipinski definition) is 1. The summed E-state index contributed by atoms with van der Waals surface area (Å²) in [5.41, 5.74) is -0.513. The van der Waals surface area contributed by atoms with Gasteiger partial charge in [-0.1, -0.05) is 23.2 Å². The van der Waals surface area contributed by atoms with Gasteiger partial charge in [0.2, 0.25) is 0 Å². The Balaban J connectivity index is 3.50. The number of halogens is 4. The molecule has 1 N–H and O–H groups in total. The number of rotatable bonds is 1. The molecule has 0 saturated carbocycles. The van der Waals surface area contributed by atoms with Gasteiger partial charge in [0, 0.05) is 4.47 Å². The molecule has 2 nitrogen and oxygen atoms in total. The number of carbonyl (C=O) groups is 1. The van der Waals surface area contributed by atoms with Gasteiger partial charge in [-0.3, -0.25) is 0 Å². The summed E-state index contributed by atoms with van der Waals surface area (Å²) >= 11 is 13.9. The second-order valence-electron chi connectivity index (χ2n) is 2.15. The Morgan fingerprint density at radius 3 is 2.46 bits per heavy atom. The zero-order chi connectivity index (χ0) is 10.2. The maximum atomic E-state index is 13.1. The maximum absolute atomic E-state index is 13.1. The SMILES string of the molecule is O=C(O)c1cc(Br)c(Cl)c(Cl)c1F. The van der Waals surface area contributed by atoms with E-state index in [2.05, 4.69) is 15.9 Å². The Morgan fingerprint density at radius 1 is 1.46 bits per heavy atom. The molecule has 0 heterocycles. The van der Waals surface area contributed by atoms with Gasteiger partial charge in [-0.05, 0) is 22.0 Å². The van der Waals surface area contributed by atoms with Crippen molar-refractivity contribution in [2.45, 2.75) is 0 Å². The third-order valence-electron chi connectivity index (χ3n) is 1.33. The van der Waals surface area contributed by atoms with E-state index >= 15 is 0 Å². The van der Waals surface area contributed by atoms with Crippen LogP contribution < -0.4 is 0 Å². The van der Waals surface area contributed by atoms with Crippen molar-refractivity contribution in [3.63, 3.8) is 0 Å². The highest BCUT2D eigenvalue weighted by molar-refractivity contribution is 9.10. The maximum Gasteiger partial charge on any atom is 0.338 e. The molecule has 0 amide bonds. The van der Waals surface area contributed by atoms with E-state index < -0.39 is 22.4 Å². The van der Waals surface area contributed by atoms with E-state index in [4.69, 9.17) is 28.3 Å². The molecule has 6 heteroatoms. The van der Waals surface area contributed by atoms with Crippen LogP contribution in [0.2, 0.25) is 10.0 Å². The molecule has 1 aromatic carbocycles. The van der Waals surface area contributed by atoms with E-state index in [0.29, 0.717) is 0 Å². The Kier molecular flexibility index (Phi) is 3.16. The predicted octanol–water partition coefficient (Wildman–Crippen LogP) is 3.59. The third-order valence-corrected chi connectivity index (χ3v) is 3.03. The summed E-state index contributed by atoms with van der Waals surface area (Å²) in [5.74, 6) is -2.42. The topological polar surface area (TPSA) is 37.3 Å². The minimum Gasteiger partial charge on any atom is -0.478 e. The van der Waals surface area contributed by atoms with E-state index in [1.54, 1.807) is 0 Å². The Hall–Kier alpha value is -0.320. The molecule has 0 aliphatic rings. The molecule has 0 unspecified atom stereocenters. The zero-order valence-corrected chi connectivity index (χ0v) is 9.04. The molecule has 1 aromatic rings. The van der Waals surface area contributed by atoms with Crippen LogP contribution in [0.4, 0.5) is 4.39 Å². The Labute approximate surface area is 91.4 Å². The van der Waals surface area contributed by atoms with Gasteiger partial charge >= 0.3 is 5.97 Å². The fourth-order valence-corrected chi connectivity index (χ4v) is 1.61. The van der Waals surface area contributed by atoms with Crippen LogP contribution in [0.25, 0.3) is 0 Å². The molecular weight excluding hydrogens is 286 g/mol. The van der Waals surface area contributed by atoms with Crippen LogP contribution in [0.1, 0.15) is 10.4 Å². The number of benzene rings is 1. The normalized spacial score (nSPS) is 10.2. The molecule has 0 saturated heterocycles. The average Bonchev–Trinajstić information content (AvgIpc) is 2.07. The summed E-state index contributed by atoms with van der Waals surface area (Å²) in [6, 6.07) is 1.06. The molecule has 0 aromatic heterocycles. The molecular formula is C7H2BrCl2FO2. The highest BCUT2D eigenvalue weighted by Crippen LogP contribution is 2.34. The van der Waals surface area contributed by atoms with E-state index in [1.807, 2.05) is 0 Å². The molecule has 13 heavy (non-hydrogen) atoms. The minimum atomic E-state index is -1.39. The summed E-state index contributed by atoms with van der Waals surface area (Å²) in [5, 5.41) is 8.11. The quantitative estimate of drug-likeness (QED) is 0.633. The van der Waals surface area contributed by atoms with Crippen molar-refractivity contribution in [2.75, 3.05) is 0 Å². The number of hydrogen-bond acceptors (Lipinski definition) is 1. The van der Waals surface area contributed by atoms with Gasteiger partial charge in [-0.25, -0.2) is 9.18 Å². The van der Waals surface area contributed by atoms with Crippen LogP contribution in [-0.4, -0.2) is 11.1 Å². The summed E-state index contributed by atoms with van der Waals surface area (Å²) in [4.78, 5) is 10.5. The first-order valence-electron chi connectivity index (χ1n) is 3.01. The van der Waals surface area contributed by atoms with Crippen LogP contribution in [0.15, 0.2) is 10.5 Å². The first-order valence-corrected chi connectivity index (χ1v) is 4.56. The number of carboxylic acids is 1. The first kappa shape index (κ1) is 10.8. The van der Waals surface area contributed by atoms with E-state index in [0.717, 1.165) is 6.07 Å². The van der Waals surface area contributed by atoms with Crippen LogP contribution in [0.3, 0.4) is 0 Å². The molecule has 0 radical (unpaired) electrons. The van der Waals surface area contributed by atoms with Gasteiger partial charge in [0.25, 0.3) is 0 Å². The minimum absolute atomic E-state index is 0.0378. The van der Waals surface area contributed by atoms with Gasteiger partial charge in [0.05, 0.1) is 15.6 Å². The van der Waals surface area contributed by atoms with Crippen molar-refractivity contribution >= 4 is 45.1 Å². The monoisotopic (exact) mass is 286 g/mol. The fraction of sp³-hybridized carbons (Fsp3) is 0. The van der Waals surface area contributed by atoms with Crippen LogP contribution in [0.5, 0.6) is 0 Å². The lowest BCUT2D eigenvalue weighted by Crippen LogP contribution is -2.01. The number of aromatic carboxylic acids is 1. The van der Waals surface area contributed by atoms with Gasteiger partial charge in [-0.15, -0.1) is 0 Å². The molecule has 0 atom stereocenters.